The summed E-state index contributed by atoms with van der Waals surface area (Å²) in [5.41, 5.74) is -2.60. The van der Waals surface area contributed by atoms with E-state index in [1.54, 1.807) is 20.8 Å². The van der Waals surface area contributed by atoms with Crippen LogP contribution >= 0.6 is 0 Å². The normalized spacial score (nSPS) is 15.9. The van der Waals surface area contributed by atoms with Crippen molar-refractivity contribution in [1.82, 2.24) is 0 Å². The second-order valence-electron chi connectivity index (χ2n) is 18.7. The topological polar surface area (TPSA) is 351 Å². The first-order chi connectivity index (χ1) is 37.1. The standard InChI is InChI=1S/C59H54O19/c1-5-76-41-17-26(9-13-38(41)61)45-31-20-29(48(64)56(72)50(31)66)44(25-8-12-37(60)24(4)16-25)30-21-32(51(67)57(73)49(30)65)46(27-10-14-39(62)42(18-27)77-6-2)34-23-36(55(71)59(75)53(34)69)47(28-11-15-40(63)43(19-28)78-7-3)35-22-33(45)52(68)58(74)54(35)70/h8-23,44-47,60-75H,5-7H2,1-4H3. The summed E-state index contributed by atoms with van der Waals surface area (Å²) in [5, 5.41) is 190. The van der Waals surface area contributed by atoms with Crippen LogP contribution in [0.4, 0.5) is 0 Å². The summed E-state index contributed by atoms with van der Waals surface area (Å²) in [4.78, 5) is 0. The number of phenols is 16. The van der Waals surface area contributed by atoms with Crippen LogP contribution in [-0.4, -0.2) is 102 Å². The molecule has 0 fully saturated rings. The van der Waals surface area contributed by atoms with E-state index in [4.69, 9.17) is 14.2 Å². The Labute approximate surface area is 444 Å². The smallest absolute Gasteiger partial charge is 0.200 e. The largest absolute Gasteiger partial charge is 0.508 e. The van der Waals surface area contributed by atoms with Crippen LogP contribution in [0.15, 0.2) is 97.1 Å². The lowest BCUT2D eigenvalue weighted by Gasteiger charge is -2.30. The quantitative estimate of drug-likeness (QED) is 0.0567. The second kappa shape index (κ2) is 20.2. The molecule has 8 aromatic rings. The van der Waals surface area contributed by atoms with Crippen LogP contribution in [0.25, 0.3) is 0 Å². The fourth-order valence-electron chi connectivity index (χ4n) is 10.4. The van der Waals surface area contributed by atoms with Gasteiger partial charge in [-0.25, -0.2) is 0 Å². The van der Waals surface area contributed by atoms with Crippen LogP contribution in [0.2, 0.25) is 0 Å². The van der Waals surface area contributed by atoms with E-state index in [1.807, 2.05) is 0 Å². The fraction of sp³-hybridized carbons (Fsp3) is 0.186. The van der Waals surface area contributed by atoms with E-state index in [1.165, 1.54) is 91.9 Å². The average molecular weight is 1070 g/mol. The van der Waals surface area contributed by atoms with Gasteiger partial charge in [0.15, 0.2) is 80.5 Å². The summed E-state index contributed by atoms with van der Waals surface area (Å²) in [7, 11) is 0. The van der Waals surface area contributed by atoms with Crippen LogP contribution in [0.3, 0.4) is 0 Å². The molecular formula is C59H54O19. The molecule has 0 amide bonds. The third kappa shape index (κ3) is 8.69. The van der Waals surface area contributed by atoms with Gasteiger partial charge in [-0.15, -0.1) is 0 Å². The third-order valence-corrected chi connectivity index (χ3v) is 14.1. The Kier molecular flexibility index (Phi) is 13.7. The summed E-state index contributed by atoms with van der Waals surface area (Å²) in [6.07, 6.45) is 0. The summed E-state index contributed by atoms with van der Waals surface area (Å²) in [6, 6.07) is 20.3. The van der Waals surface area contributed by atoms with E-state index in [-0.39, 0.29) is 110 Å². The number of aromatic hydroxyl groups is 16. The summed E-state index contributed by atoms with van der Waals surface area (Å²) >= 11 is 0. The van der Waals surface area contributed by atoms with Crippen molar-refractivity contribution in [3.63, 3.8) is 0 Å². The van der Waals surface area contributed by atoms with Gasteiger partial charge in [0.1, 0.15) is 5.75 Å². The molecule has 0 saturated heterocycles. The van der Waals surface area contributed by atoms with Gasteiger partial charge < -0.3 is 95.9 Å². The van der Waals surface area contributed by atoms with Gasteiger partial charge in [0, 0.05) is 68.2 Å². The molecule has 8 aromatic carbocycles. The fourth-order valence-corrected chi connectivity index (χ4v) is 10.4. The lowest BCUT2D eigenvalue weighted by molar-refractivity contribution is 0.317. The molecule has 78 heavy (non-hydrogen) atoms. The Hall–Kier alpha value is -10.0. The molecule has 9 rings (SSSR count). The van der Waals surface area contributed by atoms with Gasteiger partial charge in [-0.05, 0) is 122 Å². The highest BCUT2D eigenvalue weighted by atomic mass is 16.5. The van der Waals surface area contributed by atoms with Gasteiger partial charge in [0.25, 0.3) is 0 Å². The first-order valence-corrected chi connectivity index (χ1v) is 24.4. The van der Waals surface area contributed by atoms with Crippen LogP contribution in [0.1, 0.15) is 117 Å². The molecule has 0 aliphatic heterocycles. The number of ether oxygens (including phenoxy) is 3. The Balaban J connectivity index is 1.56. The minimum atomic E-state index is -1.69. The second-order valence-corrected chi connectivity index (χ2v) is 18.7. The Morgan fingerprint density at radius 1 is 0.269 bits per heavy atom. The minimum absolute atomic E-state index is 0.0195. The van der Waals surface area contributed by atoms with Crippen molar-refractivity contribution in [2.75, 3.05) is 19.8 Å². The highest BCUT2D eigenvalue weighted by Crippen LogP contribution is 2.60. The van der Waals surface area contributed by atoms with Crippen molar-refractivity contribution in [3.8, 4) is 109 Å². The predicted octanol–water partition coefficient (Wildman–Crippen LogP) is 9.51. The average Bonchev–Trinajstić information content (AvgIpc) is 3.41. The maximum atomic E-state index is 12.2. The van der Waals surface area contributed by atoms with E-state index >= 15 is 0 Å². The zero-order chi connectivity index (χ0) is 56.3. The number of benzene rings is 8. The molecular weight excluding hydrogens is 1010 g/mol. The molecule has 0 spiro atoms. The van der Waals surface area contributed by atoms with Crippen molar-refractivity contribution in [1.29, 1.82) is 0 Å². The third-order valence-electron chi connectivity index (χ3n) is 14.1. The van der Waals surface area contributed by atoms with Crippen LogP contribution < -0.4 is 14.2 Å². The maximum absolute atomic E-state index is 12.2. The minimum Gasteiger partial charge on any atom is -0.508 e. The van der Waals surface area contributed by atoms with Gasteiger partial charge in [0.2, 0.25) is 23.0 Å². The van der Waals surface area contributed by atoms with Crippen molar-refractivity contribution >= 4 is 0 Å². The lowest BCUT2D eigenvalue weighted by Crippen LogP contribution is -2.13. The van der Waals surface area contributed by atoms with E-state index in [2.05, 4.69) is 0 Å². The summed E-state index contributed by atoms with van der Waals surface area (Å²) < 4.78 is 17.2. The van der Waals surface area contributed by atoms with Crippen molar-refractivity contribution in [2.24, 2.45) is 0 Å². The van der Waals surface area contributed by atoms with E-state index in [9.17, 15) is 81.7 Å². The van der Waals surface area contributed by atoms with Gasteiger partial charge in [-0.1, -0.05) is 30.3 Å². The molecule has 16 N–H and O–H groups in total. The SMILES string of the molecule is CCOc1cc(C2c3cc(c(O)c(O)c3O)C(c3ccc(O)c(C)c3)c3cc(c(O)c(O)c3O)C(c3ccc(O)c(OCC)c3)c3cc(c(O)c(O)c3O)C(c3ccc(O)c(OCC)c3)c3cc2c(O)c(O)c3O)ccc1O. The van der Waals surface area contributed by atoms with E-state index < -0.39 is 115 Å². The molecule has 0 radical (unpaired) electrons. The number of hydrogen-bond donors (Lipinski definition) is 16. The monoisotopic (exact) mass is 1070 g/mol. The van der Waals surface area contributed by atoms with Crippen LogP contribution in [0, 0.1) is 6.92 Å². The zero-order valence-corrected chi connectivity index (χ0v) is 42.0. The molecule has 8 bridgehead atoms. The summed E-state index contributed by atoms with van der Waals surface area (Å²) in [5.74, 6) is -21.3. The maximum Gasteiger partial charge on any atom is 0.200 e. The van der Waals surface area contributed by atoms with Gasteiger partial charge in [0.05, 0.1) is 19.8 Å². The van der Waals surface area contributed by atoms with Crippen molar-refractivity contribution in [2.45, 2.75) is 51.4 Å². The molecule has 19 nitrogen and oxygen atoms in total. The van der Waals surface area contributed by atoms with E-state index in [0.29, 0.717) is 0 Å². The number of hydrogen-bond acceptors (Lipinski definition) is 19. The van der Waals surface area contributed by atoms with Crippen LogP contribution in [0.5, 0.6) is 109 Å². The molecule has 0 heterocycles. The number of aryl methyl sites for hydroxylation is 1. The molecule has 19 heteroatoms. The molecule has 1 aliphatic carbocycles. The Morgan fingerprint density at radius 2 is 0.474 bits per heavy atom. The van der Waals surface area contributed by atoms with Crippen LogP contribution in [-0.2, 0) is 0 Å². The van der Waals surface area contributed by atoms with Crippen molar-refractivity contribution in [3.05, 3.63) is 169 Å². The molecule has 0 aromatic heterocycles. The number of fused-ring (bicyclic) bond motifs is 8. The Bertz CT molecular complexity index is 3510. The highest BCUT2D eigenvalue weighted by molar-refractivity contribution is 5.75. The highest BCUT2D eigenvalue weighted by Gasteiger charge is 2.40. The molecule has 2 unspecified atom stereocenters. The van der Waals surface area contributed by atoms with Gasteiger partial charge in [-0.3, -0.25) is 0 Å². The lowest BCUT2D eigenvalue weighted by atomic mass is 9.74. The Morgan fingerprint density at radius 3 is 0.679 bits per heavy atom. The first-order valence-electron chi connectivity index (χ1n) is 24.4. The van der Waals surface area contributed by atoms with Gasteiger partial charge in [-0.2, -0.15) is 0 Å². The molecule has 0 saturated carbocycles. The predicted molar refractivity (Wildman–Crippen MR) is 280 cm³/mol. The van der Waals surface area contributed by atoms with Crippen molar-refractivity contribution < 1.29 is 95.9 Å². The van der Waals surface area contributed by atoms with E-state index in [0.717, 1.165) is 12.1 Å². The van der Waals surface area contributed by atoms with Gasteiger partial charge >= 0.3 is 0 Å². The molecule has 2 atom stereocenters. The number of rotatable bonds is 10. The zero-order valence-electron chi connectivity index (χ0n) is 42.0. The molecule has 404 valence electrons. The first kappa shape index (κ1) is 52.8. The summed E-state index contributed by atoms with van der Waals surface area (Å²) in [6.45, 7) is 6.48. The molecule has 1 aliphatic rings. The number of phenolic OH excluding ortho intramolecular Hbond substituents is 16.